The van der Waals surface area contributed by atoms with Crippen LogP contribution >= 0.6 is 0 Å². The first-order valence-corrected chi connectivity index (χ1v) is 6.21. The van der Waals surface area contributed by atoms with Crippen LogP contribution < -0.4 is 0 Å². The molecule has 1 saturated heterocycles. The zero-order valence-corrected chi connectivity index (χ0v) is 10.6. The number of nitrogens with zero attached hydrogens (tertiary/aromatic N) is 1. The summed E-state index contributed by atoms with van der Waals surface area (Å²) in [6.07, 6.45) is 2.53. The molecule has 4 nitrogen and oxygen atoms in total. The van der Waals surface area contributed by atoms with Crippen LogP contribution in [-0.2, 0) is 14.3 Å². The van der Waals surface area contributed by atoms with Crippen molar-refractivity contribution in [1.82, 2.24) is 4.90 Å². The highest BCUT2D eigenvalue weighted by Gasteiger charge is 2.25. The van der Waals surface area contributed by atoms with Crippen LogP contribution in [0.5, 0.6) is 0 Å². The minimum absolute atomic E-state index is 0.137. The summed E-state index contributed by atoms with van der Waals surface area (Å²) in [6.45, 7) is 8.77. The van der Waals surface area contributed by atoms with Gasteiger partial charge in [-0.25, -0.2) is 0 Å². The molecule has 2 atom stereocenters. The highest BCUT2D eigenvalue weighted by molar-refractivity contribution is 5.75. The molecule has 94 valence electrons. The van der Waals surface area contributed by atoms with Crippen molar-refractivity contribution in [2.24, 2.45) is 0 Å². The summed E-state index contributed by atoms with van der Waals surface area (Å²) in [5.74, 6) is -0.137. The van der Waals surface area contributed by atoms with Crippen molar-refractivity contribution < 1.29 is 14.3 Å². The van der Waals surface area contributed by atoms with E-state index in [1.165, 1.54) is 0 Å². The molecule has 16 heavy (non-hydrogen) atoms. The molecule has 0 aliphatic carbocycles. The molecule has 0 N–H and O–H groups in total. The van der Waals surface area contributed by atoms with E-state index in [2.05, 4.69) is 11.8 Å². The largest absolute Gasteiger partial charge is 0.465 e. The second-order valence-electron chi connectivity index (χ2n) is 4.15. The second-order valence-corrected chi connectivity index (χ2v) is 4.15. The number of hydrogen-bond acceptors (Lipinski definition) is 4. The van der Waals surface area contributed by atoms with E-state index in [1.54, 1.807) is 0 Å². The van der Waals surface area contributed by atoms with E-state index in [9.17, 15) is 4.79 Å². The molecule has 1 aliphatic rings. The minimum atomic E-state index is -0.172. The quantitative estimate of drug-likeness (QED) is 0.646. The Hall–Kier alpha value is -0.610. The first-order chi connectivity index (χ1) is 7.69. The Labute approximate surface area is 97.9 Å². The Morgan fingerprint density at radius 1 is 1.56 bits per heavy atom. The third-order valence-corrected chi connectivity index (χ3v) is 3.04. The molecule has 0 aromatic heterocycles. The van der Waals surface area contributed by atoms with Crippen LogP contribution in [0.1, 0.15) is 33.6 Å². The Morgan fingerprint density at radius 3 is 2.81 bits per heavy atom. The van der Waals surface area contributed by atoms with Crippen molar-refractivity contribution in [1.29, 1.82) is 0 Å². The molecule has 0 radical (unpaired) electrons. The molecule has 1 heterocycles. The summed E-state index contributed by atoms with van der Waals surface area (Å²) in [5.41, 5.74) is 0. The smallest absolute Gasteiger partial charge is 0.323 e. The summed E-state index contributed by atoms with van der Waals surface area (Å²) in [7, 11) is 0. The minimum Gasteiger partial charge on any atom is -0.465 e. The van der Waals surface area contributed by atoms with Gasteiger partial charge in [0.1, 0.15) is 6.04 Å². The summed E-state index contributed by atoms with van der Waals surface area (Å²) < 4.78 is 10.6. The maximum absolute atomic E-state index is 11.6. The number of hydrogen-bond donors (Lipinski definition) is 0. The number of esters is 1. The van der Waals surface area contributed by atoms with E-state index >= 15 is 0 Å². The van der Waals surface area contributed by atoms with Crippen molar-refractivity contribution in [3.8, 4) is 0 Å². The number of carbonyl (C=O) groups is 1. The molecule has 0 bridgehead atoms. The Balaban J connectivity index is 2.41. The zero-order valence-electron chi connectivity index (χ0n) is 10.6. The molecular weight excluding hydrogens is 206 g/mol. The van der Waals surface area contributed by atoms with Gasteiger partial charge in [0.2, 0.25) is 0 Å². The average Bonchev–Trinajstić information content (AvgIpc) is 2.78. The summed E-state index contributed by atoms with van der Waals surface area (Å²) >= 11 is 0. The molecular formula is C12H23NO3. The normalized spacial score (nSPS) is 22.4. The van der Waals surface area contributed by atoms with Crippen LogP contribution in [0.3, 0.4) is 0 Å². The number of ether oxygens (including phenoxy) is 2. The van der Waals surface area contributed by atoms with E-state index < -0.39 is 0 Å². The van der Waals surface area contributed by atoms with Crippen LogP contribution in [0, 0.1) is 0 Å². The van der Waals surface area contributed by atoms with Gasteiger partial charge < -0.3 is 9.47 Å². The molecule has 0 aromatic carbocycles. The lowest BCUT2D eigenvalue weighted by Crippen LogP contribution is -2.43. The standard InChI is InChI=1S/C12H23NO3/c1-4-13(9-11-7-6-8-16-11)10(3)12(14)15-5-2/h10-11H,4-9H2,1-3H3. The third kappa shape index (κ3) is 3.76. The van der Waals surface area contributed by atoms with Gasteiger partial charge in [0.25, 0.3) is 0 Å². The number of likely N-dealkylation sites (N-methyl/N-ethyl adjacent to an activating group) is 1. The van der Waals surface area contributed by atoms with Gasteiger partial charge >= 0.3 is 5.97 Å². The van der Waals surface area contributed by atoms with E-state index in [0.29, 0.717) is 6.61 Å². The predicted molar refractivity (Wildman–Crippen MR) is 62.3 cm³/mol. The van der Waals surface area contributed by atoms with Gasteiger partial charge in [0.05, 0.1) is 12.7 Å². The zero-order chi connectivity index (χ0) is 12.0. The molecule has 0 amide bonds. The van der Waals surface area contributed by atoms with Gasteiger partial charge in [0.15, 0.2) is 0 Å². The van der Waals surface area contributed by atoms with Crippen LogP contribution in [0.2, 0.25) is 0 Å². The fourth-order valence-corrected chi connectivity index (χ4v) is 2.02. The Kier molecular flexibility index (Phi) is 5.77. The summed E-state index contributed by atoms with van der Waals surface area (Å²) in [4.78, 5) is 13.7. The molecule has 2 unspecified atom stereocenters. The summed E-state index contributed by atoms with van der Waals surface area (Å²) in [6, 6.07) is -0.172. The van der Waals surface area contributed by atoms with Crippen LogP contribution in [0.15, 0.2) is 0 Å². The molecule has 1 fully saturated rings. The lowest BCUT2D eigenvalue weighted by Gasteiger charge is -2.28. The molecule has 0 spiro atoms. The van der Waals surface area contributed by atoms with Gasteiger partial charge in [-0.1, -0.05) is 6.92 Å². The van der Waals surface area contributed by atoms with Crippen LogP contribution in [0.4, 0.5) is 0 Å². The lowest BCUT2D eigenvalue weighted by molar-refractivity contribution is -0.149. The number of rotatable bonds is 6. The first kappa shape index (κ1) is 13.5. The molecule has 0 saturated carbocycles. The number of carbonyl (C=O) groups excluding carboxylic acids is 1. The molecule has 1 aliphatic heterocycles. The molecule has 0 aromatic rings. The van der Waals surface area contributed by atoms with Gasteiger partial charge in [-0.15, -0.1) is 0 Å². The Bertz CT molecular complexity index is 214. The fourth-order valence-electron chi connectivity index (χ4n) is 2.02. The van der Waals surface area contributed by atoms with Gasteiger partial charge in [-0.3, -0.25) is 9.69 Å². The van der Waals surface area contributed by atoms with E-state index in [1.807, 2.05) is 13.8 Å². The van der Waals surface area contributed by atoms with Crippen LogP contribution in [0.25, 0.3) is 0 Å². The second kappa shape index (κ2) is 6.86. The van der Waals surface area contributed by atoms with Crippen molar-refractivity contribution in [3.63, 3.8) is 0 Å². The monoisotopic (exact) mass is 229 g/mol. The van der Waals surface area contributed by atoms with Crippen molar-refractivity contribution in [2.45, 2.75) is 45.8 Å². The fraction of sp³-hybridized carbons (Fsp3) is 0.917. The topological polar surface area (TPSA) is 38.8 Å². The first-order valence-electron chi connectivity index (χ1n) is 6.21. The van der Waals surface area contributed by atoms with Gasteiger partial charge in [0, 0.05) is 13.2 Å². The van der Waals surface area contributed by atoms with E-state index in [0.717, 1.165) is 32.5 Å². The van der Waals surface area contributed by atoms with Crippen molar-refractivity contribution >= 4 is 5.97 Å². The van der Waals surface area contributed by atoms with E-state index in [-0.39, 0.29) is 18.1 Å². The average molecular weight is 229 g/mol. The summed E-state index contributed by atoms with van der Waals surface area (Å²) in [5, 5.41) is 0. The predicted octanol–water partition coefficient (Wildman–Crippen LogP) is 1.44. The van der Waals surface area contributed by atoms with Crippen LogP contribution in [-0.4, -0.2) is 49.3 Å². The van der Waals surface area contributed by atoms with Gasteiger partial charge in [-0.05, 0) is 33.2 Å². The van der Waals surface area contributed by atoms with Crippen molar-refractivity contribution in [3.05, 3.63) is 0 Å². The van der Waals surface area contributed by atoms with Crippen molar-refractivity contribution in [2.75, 3.05) is 26.3 Å². The van der Waals surface area contributed by atoms with Gasteiger partial charge in [-0.2, -0.15) is 0 Å². The van der Waals surface area contributed by atoms with E-state index in [4.69, 9.17) is 9.47 Å². The molecule has 1 rings (SSSR count). The molecule has 4 heteroatoms. The SMILES string of the molecule is CCOC(=O)C(C)N(CC)CC1CCCO1. The highest BCUT2D eigenvalue weighted by atomic mass is 16.5. The highest BCUT2D eigenvalue weighted by Crippen LogP contribution is 2.15. The Morgan fingerprint density at radius 2 is 2.31 bits per heavy atom. The third-order valence-electron chi connectivity index (χ3n) is 3.04. The maximum atomic E-state index is 11.6. The maximum Gasteiger partial charge on any atom is 0.323 e. The lowest BCUT2D eigenvalue weighted by atomic mass is 10.2.